The van der Waals surface area contributed by atoms with Crippen molar-refractivity contribution in [2.45, 2.75) is 26.4 Å². The van der Waals surface area contributed by atoms with E-state index in [0.29, 0.717) is 16.9 Å². The Hall–Kier alpha value is -1.38. The third kappa shape index (κ3) is 1.12. The van der Waals surface area contributed by atoms with Gasteiger partial charge in [0.05, 0.1) is 5.56 Å². The number of carbonyl (C=O) groups is 1. The number of aryl methyl sites for hydroxylation is 1. The molecule has 0 unspecified atom stereocenters. The Balaban J connectivity index is 2.65. The Kier molecular flexibility index (Phi) is 1.68. The molecule has 0 fully saturated rings. The molecule has 0 aromatic heterocycles. The van der Waals surface area contributed by atoms with Gasteiger partial charge >= 0.3 is 0 Å². The molecule has 0 radical (unpaired) electrons. The predicted molar refractivity (Wildman–Crippen MR) is 50.2 cm³/mol. The zero-order chi connectivity index (χ0) is 10.5. The number of ether oxygens (including phenoxy) is 1. The maximum absolute atomic E-state index is 13.0. The van der Waals surface area contributed by atoms with Crippen LogP contribution in [0.4, 0.5) is 4.39 Å². The van der Waals surface area contributed by atoms with E-state index in [4.69, 9.17) is 4.74 Å². The lowest BCUT2D eigenvalue weighted by Crippen LogP contribution is -2.32. The van der Waals surface area contributed by atoms with Crippen LogP contribution in [0.1, 0.15) is 29.8 Å². The quantitative estimate of drug-likeness (QED) is 0.634. The molecule has 0 atom stereocenters. The van der Waals surface area contributed by atoms with Crippen LogP contribution >= 0.6 is 0 Å². The highest BCUT2D eigenvalue weighted by Crippen LogP contribution is 2.37. The van der Waals surface area contributed by atoms with Crippen LogP contribution in [0.5, 0.6) is 5.75 Å². The number of hydrogen-bond donors (Lipinski definition) is 0. The summed E-state index contributed by atoms with van der Waals surface area (Å²) in [4.78, 5) is 11.7. The van der Waals surface area contributed by atoms with Crippen LogP contribution < -0.4 is 4.74 Å². The van der Waals surface area contributed by atoms with Gasteiger partial charge in [-0.05, 0) is 38.5 Å². The SMILES string of the molecule is Cc1cc(F)cc2c1OC(C)(C)C2=O. The summed E-state index contributed by atoms with van der Waals surface area (Å²) in [7, 11) is 0. The average molecular weight is 194 g/mol. The maximum atomic E-state index is 13.0. The Labute approximate surface area is 81.7 Å². The second-order valence-electron chi connectivity index (χ2n) is 4.04. The van der Waals surface area contributed by atoms with E-state index in [-0.39, 0.29) is 5.78 Å². The second-order valence-corrected chi connectivity index (χ2v) is 4.04. The highest BCUT2D eigenvalue weighted by molar-refractivity contribution is 6.07. The lowest BCUT2D eigenvalue weighted by atomic mass is 9.99. The van der Waals surface area contributed by atoms with Gasteiger partial charge in [0.2, 0.25) is 5.78 Å². The van der Waals surface area contributed by atoms with Crippen LogP contribution in [0.2, 0.25) is 0 Å². The first kappa shape index (κ1) is 9.19. The fourth-order valence-electron chi connectivity index (χ4n) is 1.66. The summed E-state index contributed by atoms with van der Waals surface area (Å²) in [6.07, 6.45) is 0. The fourth-order valence-corrected chi connectivity index (χ4v) is 1.66. The number of carbonyl (C=O) groups excluding carboxylic acids is 1. The van der Waals surface area contributed by atoms with Crippen LogP contribution in [0.15, 0.2) is 12.1 Å². The number of Topliss-reactive ketones (excluding diaryl/α,β-unsaturated/α-hetero) is 1. The van der Waals surface area contributed by atoms with Crippen molar-refractivity contribution in [3.8, 4) is 5.75 Å². The van der Waals surface area contributed by atoms with E-state index in [0.717, 1.165) is 0 Å². The lowest BCUT2D eigenvalue weighted by molar-refractivity contribution is 0.0683. The van der Waals surface area contributed by atoms with Crippen molar-refractivity contribution in [2.24, 2.45) is 0 Å². The topological polar surface area (TPSA) is 26.3 Å². The van der Waals surface area contributed by atoms with Gasteiger partial charge in [0.25, 0.3) is 0 Å². The monoisotopic (exact) mass is 194 g/mol. The fraction of sp³-hybridized carbons (Fsp3) is 0.364. The molecular weight excluding hydrogens is 183 g/mol. The first-order chi connectivity index (χ1) is 6.42. The van der Waals surface area contributed by atoms with Crippen molar-refractivity contribution in [3.63, 3.8) is 0 Å². The van der Waals surface area contributed by atoms with E-state index in [1.54, 1.807) is 20.8 Å². The Morgan fingerprint density at radius 3 is 2.64 bits per heavy atom. The first-order valence-electron chi connectivity index (χ1n) is 4.46. The van der Waals surface area contributed by atoms with E-state index < -0.39 is 11.4 Å². The number of ketones is 1. The largest absolute Gasteiger partial charge is 0.479 e. The number of rotatable bonds is 0. The summed E-state index contributed by atoms with van der Waals surface area (Å²) in [5.41, 5.74) is 0.160. The van der Waals surface area contributed by atoms with Gasteiger partial charge in [-0.3, -0.25) is 4.79 Å². The standard InChI is InChI=1S/C11H11FO2/c1-6-4-7(12)5-8-9(6)14-11(2,3)10(8)13/h4-5H,1-3H3. The maximum Gasteiger partial charge on any atom is 0.209 e. The van der Waals surface area contributed by atoms with Gasteiger partial charge in [0, 0.05) is 0 Å². The van der Waals surface area contributed by atoms with E-state index in [1.807, 2.05) is 0 Å². The minimum Gasteiger partial charge on any atom is -0.479 e. The molecule has 0 saturated carbocycles. The van der Waals surface area contributed by atoms with Crippen LogP contribution in [0, 0.1) is 12.7 Å². The summed E-state index contributed by atoms with van der Waals surface area (Å²) >= 11 is 0. The van der Waals surface area contributed by atoms with E-state index in [2.05, 4.69) is 0 Å². The molecule has 1 aromatic rings. The van der Waals surface area contributed by atoms with Gasteiger partial charge < -0.3 is 4.74 Å². The number of hydrogen-bond acceptors (Lipinski definition) is 2. The summed E-state index contributed by atoms with van der Waals surface area (Å²) in [5, 5.41) is 0. The van der Waals surface area contributed by atoms with Crippen molar-refractivity contribution < 1.29 is 13.9 Å². The molecule has 3 heteroatoms. The molecule has 2 rings (SSSR count). The van der Waals surface area contributed by atoms with Crippen molar-refractivity contribution in [2.75, 3.05) is 0 Å². The second kappa shape index (κ2) is 2.56. The van der Waals surface area contributed by atoms with Gasteiger partial charge in [-0.15, -0.1) is 0 Å². The van der Waals surface area contributed by atoms with Crippen molar-refractivity contribution >= 4 is 5.78 Å². The molecule has 0 spiro atoms. The van der Waals surface area contributed by atoms with E-state index >= 15 is 0 Å². The Morgan fingerprint density at radius 2 is 2.00 bits per heavy atom. The summed E-state index contributed by atoms with van der Waals surface area (Å²) in [6, 6.07) is 2.60. The van der Waals surface area contributed by atoms with Gasteiger partial charge in [-0.2, -0.15) is 0 Å². The van der Waals surface area contributed by atoms with Gasteiger partial charge in [0.1, 0.15) is 11.6 Å². The molecule has 1 aromatic carbocycles. The molecule has 1 aliphatic rings. The highest BCUT2D eigenvalue weighted by atomic mass is 19.1. The first-order valence-corrected chi connectivity index (χ1v) is 4.46. The van der Waals surface area contributed by atoms with Crippen LogP contribution in [0.25, 0.3) is 0 Å². The molecule has 74 valence electrons. The lowest BCUT2D eigenvalue weighted by Gasteiger charge is -2.15. The van der Waals surface area contributed by atoms with Crippen LogP contribution in [-0.4, -0.2) is 11.4 Å². The van der Waals surface area contributed by atoms with Crippen LogP contribution in [-0.2, 0) is 0 Å². The summed E-state index contributed by atoms with van der Waals surface area (Å²) in [6.45, 7) is 5.11. The molecule has 2 nitrogen and oxygen atoms in total. The summed E-state index contributed by atoms with van der Waals surface area (Å²) in [5.74, 6) is -0.0348. The average Bonchev–Trinajstić information content (AvgIpc) is 2.28. The van der Waals surface area contributed by atoms with Gasteiger partial charge in [-0.1, -0.05) is 0 Å². The smallest absolute Gasteiger partial charge is 0.209 e. The molecule has 0 amide bonds. The number of halogens is 1. The highest BCUT2D eigenvalue weighted by Gasteiger charge is 2.40. The third-order valence-corrected chi connectivity index (χ3v) is 2.39. The van der Waals surface area contributed by atoms with Gasteiger partial charge in [0.15, 0.2) is 5.60 Å². The zero-order valence-corrected chi connectivity index (χ0v) is 8.35. The van der Waals surface area contributed by atoms with Gasteiger partial charge in [-0.25, -0.2) is 4.39 Å². The zero-order valence-electron chi connectivity index (χ0n) is 8.35. The minimum atomic E-state index is -0.860. The molecule has 0 N–H and O–H groups in total. The molecule has 0 aliphatic carbocycles. The third-order valence-electron chi connectivity index (χ3n) is 2.39. The van der Waals surface area contributed by atoms with Crippen molar-refractivity contribution in [1.82, 2.24) is 0 Å². The molecule has 1 heterocycles. The normalized spacial score (nSPS) is 17.9. The Bertz CT molecular complexity index is 422. The Morgan fingerprint density at radius 1 is 1.36 bits per heavy atom. The van der Waals surface area contributed by atoms with Crippen molar-refractivity contribution in [3.05, 3.63) is 29.1 Å². The number of benzene rings is 1. The number of fused-ring (bicyclic) bond motifs is 1. The van der Waals surface area contributed by atoms with Crippen molar-refractivity contribution in [1.29, 1.82) is 0 Å². The molecule has 0 bridgehead atoms. The van der Waals surface area contributed by atoms with E-state index in [1.165, 1.54) is 12.1 Å². The molecular formula is C11H11FO2. The predicted octanol–water partition coefficient (Wildman–Crippen LogP) is 2.49. The van der Waals surface area contributed by atoms with Crippen LogP contribution in [0.3, 0.4) is 0 Å². The van der Waals surface area contributed by atoms with E-state index in [9.17, 15) is 9.18 Å². The molecule has 14 heavy (non-hydrogen) atoms. The summed E-state index contributed by atoms with van der Waals surface area (Å²) < 4.78 is 18.5. The molecule has 1 aliphatic heterocycles. The minimum absolute atomic E-state index is 0.157. The molecule has 0 saturated heterocycles.